The first-order chi connectivity index (χ1) is 7.68. The maximum Gasteiger partial charge on any atom is 0.289 e. The van der Waals surface area contributed by atoms with Gasteiger partial charge >= 0.3 is 0 Å². The van der Waals surface area contributed by atoms with Crippen molar-refractivity contribution in [2.45, 2.75) is 44.0 Å². The Morgan fingerprint density at radius 3 is 2.94 bits per heavy atom. The molecule has 1 aliphatic carbocycles. The van der Waals surface area contributed by atoms with E-state index in [1.54, 1.807) is 6.92 Å². The van der Waals surface area contributed by atoms with Crippen LogP contribution < -0.4 is 5.32 Å². The topological polar surface area (TPSA) is 55.1 Å². The van der Waals surface area contributed by atoms with Gasteiger partial charge in [-0.15, -0.1) is 11.6 Å². The van der Waals surface area contributed by atoms with Crippen LogP contribution in [0, 0.1) is 6.92 Å². The first-order valence-corrected chi connectivity index (χ1v) is 5.97. The molecule has 5 heteroatoms. The number of halogens is 1. The van der Waals surface area contributed by atoms with E-state index in [0.29, 0.717) is 5.69 Å². The van der Waals surface area contributed by atoms with E-state index < -0.39 is 0 Å². The Balaban J connectivity index is 1.99. The molecule has 0 saturated heterocycles. The fourth-order valence-electron chi connectivity index (χ4n) is 2.00. The number of hydrogen-bond donors (Lipinski definition) is 1. The number of rotatable bonds is 2. The zero-order chi connectivity index (χ0) is 11.5. The van der Waals surface area contributed by atoms with Crippen molar-refractivity contribution in [3.8, 4) is 0 Å². The van der Waals surface area contributed by atoms with Crippen molar-refractivity contribution < 1.29 is 9.21 Å². The molecule has 0 aliphatic heterocycles. The monoisotopic (exact) mass is 242 g/mol. The van der Waals surface area contributed by atoms with Crippen LogP contribution in [0.4, 0.5) is 0 Å². The number of amides is 1. The van der Waals surface area contributed by atoms with Crippen molar-refractivity contribution in [2.75, 3.05) is 0 Å². The van der Waals surface area contributed by atoms with Gasteiger partial charge in [0.05, 0.1) is 11.1 Å². The van der Waals surface area contributed by atoms with E-state index in [2.05, 4.69) is 10.3 Å². The lowest BCUT2D eigenvalue weighted by molar-refractivity contribution is 0.0899. The number of aryl methyl sites for hydroxylation is 1. The van der Waals surface area contributed by atoms with Gasteiger partial charge in [0.15, 0.2) is 6.39 Å². The first kappa shape index (κ1) is 11.5. The molecule has 0 radical (unpaired) electrons. The third-order valence-corrected chi connectivity index (χ3v) is 3.47. The van der Waals surface area contributed by atoms with Gasteiger partial charge < -0.3 is 9.73 Å². The average molecular weight is 243 g/mol. The van der Waals surface area contributed by atoms with E-state index in [1.807, 2.05) is 0 Å². The Hall–Kier alpha value is -1.03. The molecule has 4 nitrogen and oxygen atoms in total. The third kappa shape index (κ3) is 2.38. The highest BCUT2D eigenvalue weighted by Gasteiger charge is 2.26. The number of hydrogen-bond acceptors (Lipinski definition) is 3. The second-order valence-electron chi connectivity index (χ2n) is 4.15. The predicted octanol–water partition coefficient (Wildman–Crippen LogP) is 2.26. The van der Waals surface area contributed by atoms with Crippen LogP contribution >= 0.6 is 11.6 Å². The van der Waals surface area contributed by atoms with Crippen molar-refractivity contribution >= 4 is 17.5 Å². The summed E-state index contributed by atoms with van der Waals surface area (Å²) in [6.07, 6.45) is 5.43. The summed E-state index contributed by atoms with van der Waals surface area (Å²) in [6.45, 7) is 1.75. The number of alkyl halides is 1. The first-order valence-electron chi connectivity index (χ1n) is 5.53. The molecule has 1 heterocycles. The van der Waals surface area contributed by atoms with Gasteiger partial charge in [-0.1, -0.05) is 12.8 Å². The summed E-state index contributed by atoms with van der Waals surface area (Å²) in [5.74, 6) is 0.0713. The molecule has 2 atom stereocenters. The van der Waals surface area contributed by atoms with Crippen LogP contribution in [0.2, 0.25) is 0 Å². The Morgan fingerprint density at radius 1 is 1.56 bits per heavy atom. The Labute approximate surface area is 99.4 Å². The third-order valence-electron chi connectivity index (χ3n) is 2.95. The molecule has 88 valence electrons. The molecule has 1 aromatic rings. The second kappa shape index (κ2) is 4.87. The standard InChI is InChI=1S/C11H15ClN2O2/c1-7-10(16-6-13-7)11(15)14-9-5-3-2-4-8(9)12/h6,8-9H,2-5H2,1H3,(H,14,15). The van der Waals surface area contributed by atoms with Gasteiger partial charge in [-0.05, 0) is 19.8 Å². The maximum absolute atomic E-state index is 11.8. The normalized spacial score (nSPS) is 25.4. The number of nitrogens with one attached hydrogen (secondary N) is 1. The largest absolute Gasteiger partial charge is 0.438 e. The van der Waals surface area contributed by atoms with E-state index >= 15 is 0 Å². The molecule has 1 aromatic heterocycles. The summed E-state index contributed by atoms with van der Waals surface area (Å²) in [4.78, 5) is 15.7. The van der Waals surface area contributed by atoms with Crippen molar-refractivity contribution in [1.29, 1.82) is 0 Å². The van der Waals surface area contributed by atoms with E-state index in [1.165, 1.54) is 6.39 Å². The van der Waals surface area contributed by atoms with Crippen LogP contribution in [0.15, 0.2) is 10.8 Å². The number of carbonyl (C=O) groups is 1. The Morgan fingerprint density at radius 2 is 2.31 bits per heavy atom. The molecule has 1 amide bonds. The van der Waals surface area contributed by atoms with Crippen LogP contribution in [0.5, 0.6) is 0 Å². The predicted molar refractivity (Wildman–Crippen MR) is 60.6 cm³/mol. The molecule has 1 saturated carbocycles. The van der Waals surface area contributed by atoms with Crippen LogP contribution in [0.3, 0.4) is 0 Å². The van der Waals surface area contributed by atoms with E-state index in [9.17, 15) is 4.79 Å². The molecule has 1 N–H and O–H groups in total. The van der Waals surface area contributed by atoms with Crippen molar-refractivity contribution in [1.82, 2.24) is 10.3 Å². The smallest absolute Gasteiger partial charge is 0.289 e. The number of aromatic nitrogens is 1. The fourth-order valence-corrected chi connectivity index (χ4v) is 2.35. The number of carbonyl (C=O) groups excluding carboxylic acids is 1. The molecule has 2 unspecified atom stereocenters. The van der Waals surface area contributed by atoms with Gasteiger partial charge in [0.25, 0.3) is 5.91 Å². The number of nitrogens with zero attached hydrogens (tertiary/aromatic N) is 1. The van der Waals surface area contributed by atoms with Crippen LogP contribution in [-0.4, -0.2) is 22.3 Å². The quantitative estimate of drug-likeness (QED) is 0.810. The lowest BCUT2D eigenvalue weighted by Crippen LogP contribution is -2.42. The van der Waals surface area contributed by atoms with Crippen molar-refractivity contribution in [2.24, 2.45) is 0 Å². The summed E-state index contributed by atoms with van der Waals surface area (Å²) in [6, 6.07) is 0.0485. The molecule has 0 spiro atoms. The van der Waals surface area contributed by atoms with E-state index in [-0.39, 0.29) is 23.1 Å². The molecular formula is C11H15ClN2O2. The highest BCUT2D eigenvalue weighted by Crippen LogP contribution is 2.23. The van der Waals surface area contributed by atoms with Crippen molar-refractivity contribution in [3.63, 3.8) is 0 Å². The minimum Gasteiger partial charge on any atom is -0.438 e. The molecule has 1 fully saturated rings. The Bertz CT molecular complexity index is 378. The minimum atomic E-state index is -0.215. The summed E-state index contributed by atoms with van der Waals surface area (Å²) in [5, 5.41) is 2.94. The van der Waals surface area contributed by atoms with Gasteiger partial charge in [0, 0.05) is 6.04 Å². The van der Waals surface area contributed by atoms with Crippen molar-refractivity contribution in [3.05, 3.63) is 17.8 Å². The Kier molecular flexibility index (Phi) is 3.49. The van der Waals surface area contributed by atoms with Crippen LogP contribution in [0.25, 0.3) is 0 Å². The van der Waals surface area contributed by atoms with Gasteiger partial charge in [0.2, 0.25) is 5.76 Å². The van der Waals surface area contributed by atoms with Gasteiger partial charge in [0.1, 0.15) is 0 Å². The molecule has 1 aliphatic rings. The highest BCUT2D eigenvalue weighted by molar-refractivity contribution is 6.21. The van der Waals surface area contributed by atoms with E-state index in [0.717, 1.165) is 25.7 Å². The lowest BCUT2D eigenvalue weighted by Gasteiger charge is -2.27. The average Bonchev–Trinajstić information content (AvgIpc) is 2.68. The molecular weight excluding hydrogens is 228 g/mol. The number of oxazole rings is 1. The molecule has 0 aromatic carbocycles. The second-order valence-corrected chi connectivity index (χ2v) is 4.71. The highest BCUT2D eigenvalue weighted by atomic mass is 35.5. The van der Waals surface area contributed by atoms with E-state index in [4.69, 9.17) is 16.0 Å². The summed E-state index contributed by atoms with van der Waals surface area (Å²) in [5.41, 5.74) is 0.611. The zero-order valence-electron chi connectivity index (χ0n) is 9.20. The SMILES string of the molecule is Cc1ncoc1C(=O)NC1CCCCC1Cl. The lowest BCUT2D eigenvalue weighted by atomic mass is 9.95. The van der Waals surface area contributed by atoms with Gasteiger partial charge in [-0.2, -0.15) is 0 Å². The summed E-state index contributed by atoms with van der Waals surface area (Å²) < 4.78 is 5.04. The zero-order valence-corrected chi connectivity index (χ0v) is 9.96. The maximum atomic E-state index is 11.8. The van der Waals surface area contributed by atoms with Gasteiger partial charge in [-0.25, -0.2) is 4.98 Å². The van der Waals surface area contributed by atoms with Gasteiger partial charge in [-0.3, -0.25) is 4.79 Å². The van der Waals surface area contributed by atoms with Crippen LogP contribution in [-0.2, 0) is 0 Å². The molecule has 16 heavy (non-hydrogen) atoms. The molecule has 2 rings (SSSR count). The summed E-state index contributed by atoms with van der Waals surface area (Å²) >= 11 is 6.17. The minimum absolute atomic E-state index is 0.0286. The van der Waals surface area contributed by atoms with Crippen LogP contribution in [0.1, 0.15) is 41.9 Å². The molecule has 0 bridgehead atoms. The summed E-state index contributed by atoms with van der Waals surface area (Å²) in [7, 11) is 0. The fraction of sp³-hybridized carbons (Fsp3) is 0.636.